The van der Waals surface area contributed by atoms with Crippen LogP contribution in [0, 0.1) is 0 Å². The van der Waals surface area contributed by atoms with Gasteiger partial charge in [-0.1, -0.05) is 12.1 Å². The minimum Gasteiger partial charge on any atom is -0.508 e. The number of aliphatic hydroxyl groups excluding tert-OH is 1. The van der Waals surface area contributed by atoms with Gasteiger partial charge in [0.1, 0.15) is 11.3 Å². The lowest BCUT2D eigenvalue weighted by molar-refractivity contribution is -0.121. The molecule has 2 heterocycles. The molecule has 1 unspecified atom stereocenters. The molecule has 3 N–H and O–H groups in total. The summed E-state index contributed by atoms with van der Waals surface area (Å²) in [4.78, 5) is 25.5. The quantitative estimate of drug-likeness (QED) is 0.581. The highest BCUT2D eigenvalue weighted by atomic mass is 16.7. The van der Waals surface area contributed by atoms with Crippen LogP contribution in [0.2, 0.25) is 0 Å². The topological polar surface area (TPSA) is 118 Å². The minimum atomic E-state index is -0.788. The van der Waals surface area contributed by atoms with Crippen molar-refractivity contribution < 1.29 is 28.9 Å². The number of aliphatic hydroxyl groups is 1. The van der Waals surface area contributed by atoms with Gasteiger partial charge in [-0.15, -0.1) is 0 Å². The summed E-state index contributed by atoms with van der Waals surface area (Å²) in [5, 5.41) is 22.5. The Kier molecular flexibility index (Phi) is 5.09. The van der Waals surface area contributed by atoms with Crippen LogP contribution in [0.25, 0.3) is 11.0 Å². The zero-order chi connectivity index (χ0) is 20.4. The zero-order valence-electron chi connectivity index (χ0n) is 15.4. The van der Waals surface area contributed by atoms with Crippen molar-refractivity contribution in [2.24, 2.45) is 0 Å². The summed E-state index contributed by atoms with van der Waals surface area (Å²) in [6.45, 7) is -0.0905. The molecule has 3 aromatic rings. The molecule has 1 aliphatic rings. The number of hydrogen-bond donors (Lipinski definition) is 3. The van der Waals surface area contributed by atoms with E-state index in [1.54, 1.807) is 30.3 Å². The maximum Gasteiger partial charge on any atom is 0.231 e. The van der Waals surface area contributed by atoms with E-state index >= 15 is 0 Å². The maximum atomic E-state index is 13.1. The van der Waals surface area contributed by atoms with E-state index in [0.717, 1.165) is 0 Å². The minimum absolute atomic E-state index is 0.0258. The molecule has 4 rings (SSSR count). The van der Waals surface area contributed by atoms with E-state index in [-0.39, 0.29) is 49.0 Å². The Morgan fingerprint density at radius 1 is 1.14 bits per heavy atom. The number of aromatic hydroxyl groups is 1. The third-order valence-electron chi connectivity index (χ3n) is 4.80. The summed E-state index contributed by atoms with van der Waals surface area (Å²) >= 11 is 0. The van der Waals surface area contributed by atoms with E-state index < -0.39 is 5.92 Å². The molecule has 150 valence electrons. The van der Waals surface area contributed by atoms with Crippen molar-refractivity contribution in [3.8, 4) is 17.2 Å². The van der Waals surface area contributed by atoms with Crippen molar-refractivity contribution in [1.29, 1.82) is 0 Å². The van der Waals surface area contributed by atoms with Crippen molar-refractivity contribution >= 4 is 16.9 Å². The summed E-state index contributed by atoms with van der Waals surface area (Å²) in [6.07, 6.45) is 1.19. The molecule has 1 atom stereocenters. The Hall–Kier alpha value is -3.52. The number of hydrogen-bond acceptors (Lipinski definition) is 7. The van der Waals surface area contributed by atoms with Crippen LogP contribution in [0.4, 0.5) is 0 Å². The molecule has 0 saturated heterocycles. The lowest BCUT2D eigenvalue weighted by Crippen LogP contribution is -2.29. The molecule has 8 nitrogen and oxygen atoms in total. The highest BCUT2D eigenvalue weighted by Crippen LogP contribution is 2.42. The van der Waals surface area contributed by atoms with Crippen LogP contribution in [0.15, 0.2) is 51.9 Å². The van der Waals surface area contributed by atoms with Gasteiger partial charge in [-0.3, -0.25) is 9.59 Å². The monoisotopic (exact) mass is 397 g/mol. The molecule has 29 heavy (non-hydrogen) atoms. The Morgan fingerprint density at radius 2 is 1.90 bits per heavy atom. The summed E-state index contributed by atoms with van der Waals surface area (Å²) < 4.78 is 16.3. The number of rotatable bonds is 6. The van der Waals surface area contributed by atoms with Gasteiger partial charge in [-0.25, -0.2) is 0 Å². The number of phenolic OH excluding ortho intramolecular Hbond substituents is 1. The number of fused-ring (bicyclic) bond motifs is 2. The zero-order valence-corrected chi connectivity index (χ0v) is 15.4. The number of ether oxygens (including phenoxy) is 2. The normalized spacial score (nSPS) is 13.4. The second-order valence-corrected chi connectivity index (χ2v) is 6.61. The molecule has 0 fully saturated rings. The SMILES string of the molecule is O=C(CC(c1cc2c(cc1O)OCO2)c1coc2ccccc2c1=O)NCCO. The number of amides is 1. The smallest absolute Gasteiger partial charge is 0.231 e. The fourth-order valence-electron chi connectivity index (χ4n) is 3.40. The summed E-state index contributed by atoms with van der Waals surface area (Å²) in [5.74, 6) is -0.483. The molecule has 1 amide bonds. The first-order chi connectivity index (χ1) is 14.1. The largest absolute Gasteiger partial charge is 0.508 e. The predicted molar refractivity (Wildman–Crippen MR) is 103 cm³/mol. The van der Waals surface area contributed by atoms with E-state index in [1.165, 1.54) is 12.3 Å². The standard InChI is InChI=1S/C21H19NO7/c23-6-5-22-20(25)8-13(14-7-18-19(9-16(14)24)29-11-28-18)15-10-27-17-4-2-1-3-12(17)21(15)26/h1-4,7,9-10,13,23-24H,5-6,8,11H2,(H,22,25). The van der Waals surface area contributed by atoms with Crippen LogP contribution in [-0.4, -0.2) is 36.1 Å². The fourth-order valence-corrected chi connectivity index (χ4v) is 3.40. The van der Waals surface area contributed by atoms with Crippen molar-refractivity contribution in [2.75, 3.05) is 19.9 Å². The summed E-state index contributed by atoms with van der Waals surface area (Å²) in [6, 6.07) is 9.78. The van der Waals surface area contributed by atoms with Gasteiger partial charge < -0.3 is 29.4 Å². The van der Waals surface area contributed by atoms with Crippen LogP contribution < -0.4 is 20.2 Å². The molecule has 0 radical (unpaired) electrons. The molecule has 1 aromatic heterocycles. The molecule has 0 aliphatic carbocycles. The molecule has 0 spiro atoms. The summed E-state index contributed by atoms with van der Waals surface area (Å²) in [5.41, 5.74) is 0.719. The van der Waals surface area contributed by atoms with Gasteiger partial charge in [0.05, 0.1) is 18.3 Å². The Morgan fingerprint density at radius 3 is 2.69 bits per heavy atom. The first-order valence-corrected chi connectivity index (χ1v) is 9.09. The highest BCUT2D eigenvalue weighted by molar-refractivity contribution is 5.80. The van der Waals surface area contributed by atoms with Crippen molar-refractivity contribution in [3.63, 3.8) is 0 Å². The van der Waals surface area contributed by atoms with Gasteiger partial charge in [0.25, 0.3) is 0 Å². The van der Waals surface area contributed by atoms with Gasteiger partial charge in [-0.05, 0) is 18.2 Å². The van der Waals surface area contributed by atoms with Gasteiger partial charge in [0, 0.05) is 36.1 Å². The number of para-hydroxylation sites is 1. The van der Waals surface area contributed by atoms with E-state index in [9.17, 15) is 14.7 Å². The Bertz CT molecular complexity index is 1120. The lowest BCUT2D eigenvalue weighted by Gasteiger charge is -2.19. The third-order valence-corrected chi connectivity index (χ3v) is 4.80. The maximum absolute atomic E-state index is 13.1. The van der Waals surface area contributed by atoms with E-state index in [1.807, 2.05) is 0 Å². The number of phenols is 1. The first-order valence-electron chi connectivity index (χ1n) is 9.09. The predicted octanol–water partition coefficient (Wildman–Crippen LogP) is 1.86. The van der Waals surface area contributed by atoms with E-state index in [4.69, 9.17) is 19.0 Å². The average molecular weight is 397 g/mol. The van der Waals surface area contributed by atoms with Gasteiger partial charge in [-0.2, -0.15) is 0 Å². The Labute approximate surface area is 165 Å². The molecule has 0 bridgehead atoms. The van der Waals surface area contributed by atoms with E-state index in [0.29, 0.717) is 28.0 Å². The Balaban J connectivity index is 1.83. The molecule has 8 heteroatoms. The van der Waals surface area contributed by atoms with Gasteiger partial charge >= 0.3 is 0 Å². The highest BCUT2D eigenvalue weighted by Gasteiger charge is 2.28. The molecule has 2 aromatic carbocycles. The molecular weight excluding hydrogens is 378 g/mol. The molecule has 1 aliphatic heterocycles. The van der Waals surface area contributed by atoms with Crippen LogP contribution in [-0.2, 0) is 4.79 Å². The third kappa shape index (κ3) is 3.62. The van der Waals surface area contributed by atoms with Crippen LogP contribution in [0.5, 0.6) is 17.2 Å². The van der Waals surface area contributed by atoms with E-state index in [2.05, 4.69) is 5.32 Å². The molecular formula is C21H19NO7. The van der Waals surface area contributed by atoms with Gasteiger partial charge in [0.15, 0.2) is 16.9 Å². The average Bonchev–Trinajstić information content (AvgIpc) is 3.18. The van der Waals surface area contributed by atoms with Crippen molar-refractivity contribution in [2.45, 2.75) is 12.3 Å². The van der Waals surface area contributed by atoms with Gasteiger partial charge in [0.2, 0.25) is 12.7 Å². The number of carbonyl (C=O) groups is 1. The van der Waals surface area contributed by atoms with Crippen molar-refractivity contribution in [3.05, 3.63) is 64.0 Å². The number of nitrogens with one attached hydrogen (secondary N) is 1. The first kappa shape index (κ1) is 18.8. The molecule has 0 saturated carbocycles. The summed E-state index contributed by atoms with van der Waals surface area (Å²) in [7, 11) is 0. The van der Waals surface area contributed by atoms with Crippen LogP contribution in [0.1, 0.15) is 23.5 Å². The number of carbonyl (C=O) groups excluding carboxylic acids is 1. The lowest BCUT2D eigenvalue weighted by atomic mass is 9.87. The van der Waals surface area contributed by atoms with Crippen LogP contribution in [0.3, 0.4) is 0 Å². The van der Waals surface area contributed by atoms with Crippen LogP contribution >= 0.6 is 0 Å². The number of benzene rings is 2. The second kappa shape index (κ2) is 7.84. The second-order valence-electron chi connectivity index (χ2n) is 6.61. The fraction of sp³-hybridized carbons (Fsp3) is 0.238. The van der Waals surface area contributed by atoms with Crippen molar-refractivity contribution in [1.82, 2.24) is 5.32 Å².